The molecule has 1 amide bonds. The number of pyridine rings is 1. The van der Waals surface area contributed by atoms with E-state index in [9.17, 15) is 4.79 Å². The van der Waals surface area contributed by atoms with Crippen molar-refractivity contribution in [3.63, 3.8) is 0 Å². The van der Waals surface area contributed by atoms with Gasteiger partial charge in [-0.3, -0.25) is 9.78 Å². The summed E-state index contributed by atoms with van der Waals surface area (Å²) in [6.45, 7) is 5.10. The lowest BCUT2D eigenvalue weighted by Gasteiger charge is -2.07. The summed E-state index contributed by atoms with van der Waals surface area (Å²) in [6.07, 6.45) is 6.40. The van der Waals surface area contributed by atoms with Crippen LogP contribution in [-0.4, -0.2) is 17.4 Å². The molecule has 0 aromatic carbocycles. The Bertz CT molecular complexity index is 366. The molecule has 0 aliphatic rings. The second-order valence-electron chi connectivity index (χ2n) is 4.50. The summed E-state index contributed by atoms with van der Waals surface area (Å²) in [6, 6.07) is 1.62. The molecule has 94 valence electrons. The number of hydrogen-bond donors (Lipinski definition) is 1. The average molecular weight is 255 g/mol. The van der Waals surface area contributed by atoms with E-state index in [0.29, 0.717) is 17.1 Å². The van der Waals surface area contributed by atoms with Crippen molar-refractivity contribution in [3.8, 4) is 0 Å². The predicted octanol–water partition coefficient (Wildman–Crippen LogP) is 3.29. The van der Waals surface area contributed by atoms with E-state index in [1.165, 1.54) is 12.6 Å². The molecule has 17 heavy (non-hydrogen) atoms. The van der Waals surface area contributed by atoms with Crippen molar-refractivity contribution in [2.24, 2.45) is 5.92 Å². The molecule has 4 heteroatoms. The van der Waals surface area contributed by atoms with Crippen LogP contribution in [0.25, 0.3) is 0 Å². The average Bonchev–Trinajstić information content (AvgIpc) is 2.28. The largest absolute Gasteiger partial charge is 0.352 e. The number of hydrogen-bond acceptors (Lipinski definition) is 2. The monoisotopic (exact) mass is 254 g/mol. The molecule has 0 aliphatic heterocycles. The molecule has 1 N–H and O–H groups in total. The minimum absolute atomic E-state index is 0.146. The number of rotatable bonds is 6. The zero-order valence-electron chi connectivity index (χ0n) is 10.4. The Morgan fingerprint density at radius 1 is 1.47 bits per heavy atom. The summed E-state index contributed by atoms with van der Waals surface area (Å²) in [7, 11) is 0. The maximum absolute atomic E-state index is 11.7. The minimum Gasteiger partial charge on any atom is -0.352 e. The Morgan fingerprint density at radius 2 is 2.24 bits per heavy atom. The van der Waals surface area contributed by atoms with E-state index in [2.05, 4.69) is 24.1 Å². The molecule has 1 rings (SSSR count). The number of nitrogens with one attached hydrogen (secondary N) is 1. The van der Waals surface area contributed by atoms with E-state index in [1.54, 1.807) is 12.3 Å². The van der Waals surface area contributed by atoms with Crippen LogP contribution < -0.4 is 5.32 Å². The van der Waals surface area contributed by atoms with Crippen molar-refractivity contribution < 1.29 is 4.79 Å². The molecule has 0 atom stereocenters. The van der Waals surface area contributed by atoms with Crippen molar-refractivity contribution in [1.29, 1.82) is 0 Å². The first-order chi connectivity index (χ1) is 8.11. The molecule has 0 saturated carbocycles. The van der Waals surface area contributed by atoms with Gasteiger partial charge in [-0.1, -0.05) is 38.3 Å². The summed E-state index contributed by atoms with van der Waals surface area (Å²) in [5, 5.41) is 3.29. The first-order valence-corrected chi connectivity index (χ1v) is 6.36. The van der Waals surface area contributed by atoms with Gasteiger partial charge in [0.15, 0.2) is 0 Å². The summed E-state index contributed by atoms with van der Waals surface area (Å²) in [5.41, 5.74) is 0.443. The highest BCUT2D eigenvalue weighted by Crippen LogP contribution is 2.13. The number of amides is 1. The molecule has 0 unspecified atom stereocenters. The second kappa shape index (κ2) is 7.28. The van der Waals surface area contributed by atoms with Gasteiger partial charge in [-0.2, -0.15) is 0 Å². The van der Waals surface area contributed by atoms with Crippen molar-refractivity contribution >= 4 is 17.5 Å². The molecule has 1 aromatic rings. The number of carbonyl (C=O) groups is 1. The van der Waals surface area contributed by atoms with E-state index >= 15 is 0 Å². The van der Waals surface area contributed by atoms with Gasteiger partial charge in [0.1, 0.15) is 0 Å². The summed E-state index contributed by atoms with van der Waals surface area (Å²) in [5.74, 6) is 0.575. The maximum Gasteiger partial charge on any atom is 0.254 e. The summed E-state index contributed by atoms with van der Waals surface area (Å²) >= 11 is 5.90. The van der Waals surface area contributed by atoms with Gasteiger partial charge >= 0.3 is 0 Å². The first-order valence-electron chi connectivity index (χ1n) is 5.99. The van der Waals surface area contributed by atoms with Gasteiger partial charge in [-0.25, -0.2) is 0 Å². The number of unbranched alkanes of at least 4 members (excludes halogenated alkanes) is 1. The molecule has 3 nitrogen and oxygen atoms in total. The van der Waals surface area contributed by atoms with Gasteiger partial charge < -0.3 is 5.32 Å². The van der Waals surface area contributed by atoms with Crippen LogP contribution in [0.4, 0.5) is 0 Å². The fourth-order valence-corrected chi connectivity index (χ4v) is 1.71. The van der Waals surface area contributed by atoms with Crippen LogP contribution in [-0.2, 0) is 0 Å². The highest BCUT2D eigenvalue weighted by molar-refractivity contribution is 6.33. The fraction of sp³-hybridized carbons (Fsp3) is 0.538. The standard InChI is InChI=1S/C13H19ClN2O/c1-10(2)5-3-4-7-16-13(17)11-9-15-8-6-12(11)14/h6,8-10H,3-5,7H2,1-2H3,(H,16,17). The lowest BCUT2D eigenvalue weighted by Crippen LogP contribution is -2.24. The second-order valence-corrected chi connectivity index (χ2v) is 4.91. The summed E-state index contributed by atoms with van der Waals surface area (Å²) in [4.78, 5) is 15.6. The SMILES string of the molecule is CC(C)CCCCNC(=O)c1cnccc1Cl. The molecular formula is C13H19ClN2O. The molecule has 1 aromatic heterocycles. The highest BCUT2D eigenvalue weighted by atomic mass is 35.5. The Kier molecular flexibility index (Phi) is 5.98. The van der Waals surface area contributed by atoms with E-state index < -0.39 is 0 Å². The quantitative estimate of drug-likeness (QED) is 0.792. The summed E-state index contributed by atoms with van der Waals surface area (Å²) < 4.78 is 0. The zero-order valence-corrected chi connectivity index (χ0v) is 11.1. The molecule has 0 saturated heterocycles. The van der Waals surface area contributed by atoms with Gasteiger partial charge in [0.2, 0.25) is 0 Å². The van der Waals surface area contributed by atoms with Gasteiger partial charge in [0.25, 0.3) is 5.91 Å². The predicted molar refractivity (Wildman–Crippen MR) is 70.3 cm³/mol. The van der Waals surface area contributed by atoms with Crippen molar-refractivity contribution in [2.45, 2.75) is 33.1 Å². The van der Waals surface area contributed by atoms with Crippen molar-refractivity contribution in [1.82, 2.24) is 10.3 Å². The lowest BCUT2D eigenvalue weighted by molar-refractivity contribution is 0.0952. The Labute approximate surface area is 108 Å². The Morgan fingerprint density at radius 3 is 2.88 bits per heavy atom. The normalized spacial score (nSPS) is 10.6. The number of halogens is 1. The number of nitrogens with zero attached hydrogens (tertiary/aromatic N) is 1. The molecule has 0 fully saturated rings. The number of carbonyl (C=O) groups excluding carboxylic acids is 1. The zero-order chi connectivity index (χ0) is 12.7. The Balaban J connectivity index is 2.29. The van der Waals surface area contributed by atoms with Gasteiger partial charge in [0, 0.05) is 18.9 Å². The van der Waals surface area contributed by atoms with Crippen LogP contribution >= 0.6 is 11.6 Å². The molecule has 0 radical (unpaired) electrons. The van der Waals surface area contributed by atoms with Crippen LogP contribution in [0.15, 0.2) is 18.5 Å². The van der Waals surface area contributed by atoms with Crippen LogP contribution in [0.1, 0.15) is 43.5 Å². The fourth-order valence-electron chi connectivity index (χ4n) is 1.52. The molecular weight excluding hydrogens is 236 g/mol. The van der Waals surface area contributed by atoms with Crippen LogP contribution in [0.2, 0.25) is 5.02 Å². The van der Waals surface area contributed by atoms with Gasteiger partial charge in [0.05, 0.1) is 10.6 Å². The highest BCUT2D eigenvalue weighted by Gasteiger charge is 2.08. The van der Waals surface area contributed by atoms with Crippen molar-refractivity contribution in [3.05, 3.63) is 29.0 Å². The molecule has 0 bridgehead atoms. The van der Waals surface area contributed by atoms with Crippen LogP contribution in [0.3, 0.4) is 0 Å². The van der Waals surface area contributed by atoms with E-state index in [4.69, 9.17) is 11.6 Å². The van der Waals surface area contributed by atoms with Crippen LogP contribution in [0.5, 0.6) is 0 Å². The molecule has 1 heterocycles. The lowest BCUT2D eigenvalue weighted by atomic mass is 10.1. The third kappa shape index (κ3) is 5.18. The van der Waals surface area contributed by atoms with E-state index in [0.717, 1.165) is 18.8 Å². The van der Waals surface area contributed by atoms with Gasteiger partial charge in [-0.15, -0.1) is 0 Å². The van der Waals surface area contributed by atoms with Crippen molar-refractivity contribution in [2.75, 3.05) is 6.54 Å². The van der Waals surface area contributed by atoms with E-state index in [-0.39, 0.29) is 5.91 Å². The van der Waals surface area contributed by atoms with Crippen LogP contribution in [0, 0.1) is 5.92 Å². The van der Waals surface area contributed by atoms with E-state index in [1.807, 2.05) is 0 Å². The molecule has 0 aliphatic carbocycles. The van der Waals surface area contributed by atoms with Gasteiger partial charge in [-0.05, 0) is 18.4 Å². The smallest absolute Gasteiger partial charge is 0.254 e. The topological polar surface area (TPSA) is 42.0 Å². The maximum atomic E-state index is 11.7. The third-order valence-electron chi connectivity index (χ3n) is 2.51. The third-order valence-corrected chi connectivity index (χ3v) is 2.84. The minimum atomic E-state index is -0.146. The number of aromatic nitrogens is 1. The molecule has 0 spiro atoms. The Hall–Kier alpha value is -1.09. The first kappa shape index (κ1) is 14.0.